The molecule has 4 N–H and O–H groups in total. The lowest BCUT2D eigenvalue weighted by atomic mass is 9.86. The number of halogens is 1. The standard InChI is InChI=1S/C23H37N3O2.CH3Cl/c1-5-16(2)13-21-17(3)23(18(4)26(21)15-20(27)14-24)25-22(28)12-11-19-9-7-6-8-10-19;1-2/h5,13,19-20,27H,3,6-12,14-15,24H2,1-2,4H3,(H,25,28);1H3/b16-5-,21-13+;. The summed E-state index contributed by atoms with van der Waals surface area (Å²) >= 11 is 4.64. The second-order valence-electron chi connectivity index (χ2n) is 8.09. The lowest BCUT2D eigenvalue weighted by Gasteiger charge is -2.21. The van der Waals surface area contributed by atoms with Gasteiger partial charge in [-0.25, -0.2) is 0 Å². The number of rotatable bonds is 8. The topological polar surface area (TPSA) is 80.3 Å². The molecule has 0 aromatic carbocycles. The molecule has 1 atom stereocenters. The Labute approximate surface area is 186 Å². The predicted octanol–water partition coefficient (Wildman–Crippen LogP) is 3.43. The Morgan fingerprint density at radius 1 is 1.37 bits per heavy atom. The number of hydrogen-bond acceptors (Lipinski definition) is 3. The van der Waals surface area contributed by atoms with Crippen molar-refractivity contribution in [2.75, 3.05) is 18.2 Å². The molecule has 1 aliphatic rings. The molecule has 0 radical (unpaired) electrons. The Kier molecular flexibility index (Phi) is 12.1. The molecular weight excluding hydrogens is 398 g/mol. The molecule has 0 aliphatic heterocycles. The van der Waals surface area contributed by atoms with Crippen molar-refractivity contribution in [3.05, 3.63) is 27.9 Å². The van der Waals surface area contributed by atoms with Gasteiger partial charge in [0.2, 0.25) is 5.91 Å². The van der Waals surface area contributed by atoms with Crippen molar-refractivity contribution < 1.29 is 9.90 Å². The number of nitrogens with two attached hydrogens (primary N) is 1. The molecule has 1 fully saturated rings. The molecule has 1 heterocycles. The van der Waals surface area contributed by atoms with Gasteiger partial charge < -0.3 is 20.7 Å². The first-order chi connectivity index (χ1) is 14.4. The van der Waals surface area contributed by atoms with E-state index in [1.165, 1.54) is 38.5 Å². The van der Waals surface area contributed by atoms with Crippen molar-refractivity contribution in [2.45, 2.75) is 78.4 Å². The summed E-state index contributed by atoms with van der Waals surface area (Å²) < 4.78 is 2.00. The van der Waals surface area contributed by atoms with Crippen LogP contribution in [0.1, 0.15) is 64.5 Å². The van der Waals surface area contributed by atoms with Gasteiger partial charge in [-0.15, -0.1) is 11.6 Å². The quantitative estimate of drug-likeness (QED) is 0.545. The van der Waals surface area contributed by atoms with Gasteiger partial charge in [-0.3, -0.25) is 4.79 Å². The number of carbonyl (C=O) groups is 1. The summed E-state index contributed by atoms with van der Waals surface area (Å²) in [6, 6.07) is 0. The lowest BCUT2D eigenvalue weighted by molar-refractivity contribution is -0.116. The molecule has 5 nitrogen and oxygen atoms in total. The summed E-state index contributed by atoms with van der Waals surface area (Å²) in [6.07, 6.45) is 12.8. The van der Waals surface area contributed by atoms with Crippen molar-refractivity contribution in [3.8, 4) is 0 Å². The summed E-state index contributed by atoms with van der Waals surface area (Å²) in [7, 11) is 0. The van der Waals surface area contributed by atoms with Crippen LogP contribution in [-0.4, -0.2) is 34.6 Å². The SMILES string of the molecule is C=c1c(NC(=O)CCC2CCCCC2)c(C)n(CC(O)CN)/c1=C/C(C)=C\C.CCl. The summed E-state index contributed by atoms with van der Waals surface area (Å²) in [4.78, 5) is 12.6. The molecule has 1 aromatic heterocycles. The highest BCUT2D eigenvalue weighted by atomic mass is 35.5. The highest BCUT2D eigenvalue weighted by Crippen LogP contribution is 2.27. The third kappa shape index (κ3) is 7.60. The van der Waals surface area contributed by atoms with E-state index < -0.39 is 6.10 Å². The Morgan fingerprint density at radius 2 is 2.00 bits per heavy atom. The van der Waals surface area contributed by atoms with Crippen LogP contribution < -0.4 is 21.6 Å². The average molecular weight is 438 g/mol. The van der Waals surface area contributed by atoms with Gasteiger partial charge >= 0.3 is 0 Å². The van der Waals surface area contributed by atoms with E-state index in [2.05, 4.69) is 23.5 Å². The van der Waals surface area contributed by atoms with Crippen LogP contribution in [0.2, 0.25) is 0 Å². The number of aliphatic hydroxyl groups excluding tert-OH is 1. The third-order valence-corrected chi connectivity index (χ3v) is 5.92. The molecule has 2 rings (SSSR count). The van der Waals surface area contributed by atoms with E-state index in [0.29, 0.717) is 18.9 Å². The van der Waals surface area contributed by atoms with Crippen molar-refractivity contribution in [2.24, 2.45) is 11.7 Å². The summed E-state index contributed by atoms with van der Waals surface area (Å²) in [5.74, 6) is 0.731. The maximum atomic E-state index is 12.6. The number of allylic oxidation sites excluding steroid dienone is 2. The van der Waals surface area contributed by atoms with Crippen LogP contribution >= 0.6 is 11.6 Å². The fourth-order valence-corrected chi connectivity index (χ4v) is 3.99. The summed E-state index contributed by atoms with van der Waals surface area (Å²) in [5, 5.41) is 14.9. The third-order valence-electron chi connectivity index (χ3n) is 5.92. The lowest BCUT2D eigenvalue weighted by Crippen LogP contribution is -2.35. The van der Waals surface area contributed by atoms with Crippen LogP contribution in [0.25, 0.3) is 12.7 Å². The molecule has 6 heteroatoms. The van der Waals surface area contributed by atoms with Crippen molar-refractivity contribution in [1.82, 2.24) is 4.57 Å². The molecular formula is C24H40ClN3O2. The van der Waals surface area contributed by atoms with Crippen molar-refractivity contribution in [3.63, 3.8) is 0 Å². The highest BCUT2D eigenvalue weighted by molar-refractivity contribution is 6.15. The van der Waals surface area contributed by atoms with Crippen molar-refractivity contribution in [1.29, 1.82) is 0 Å². The van der Waals surface area contributed by atoms with Crippen LogP contribution in [0.15, 0.2) is 11.6 Å². The van der Waals surface area contributed by atoms with E-state index in [-0.39, 0.29) is 12.5 Å². The van der Waals surface area contributed by atoms with E-state index in [9.17, 15) is 9.90 Å². The summed E-state index contributed by atoms with van der Waals surface area (Å²) in [6.45, 7) is 10.7. The van der Waals surface area contributed by atoms with E-state index >= 15 is 0 Å². The zero-order valence-corrected chi connectivity index (χ0v) is 19.9. The number of nitrogens with zero attached hydrogens (tertiary/aromatic N) is 1. The van der Waals surface area contributed by atoms with E-state index in [0.717, 1.165) is 33.9 Å². The first-order valence-electron chi connectivity index (χ1n) is 11.0. The van der Waals surface area contributed by atoms with Gasteiger partial charge in [-0.1, -0.05) is 50.3 Å². The smallest absolute Gasteiger partial charge is 0.224 e. The van der Waals surface area contributed by atoms with E-state index in [4.69, 9.17) is 5.73 Å². The van der Waals surface area contributed by atoms with Crippen LogP contribution in [0, 0.1) is 12.8 Å². The number of carbonyl (C=O) groups excluding carboxylic acids is 1. The molecule has 1 amide bonds. The number of aromatic nitrogens is 1. The van der Waals surface area contributed by atoms with Crippen LogP contribution in [0.5, 0.6) is 0 Å². The van der Waals surface area contributed by atoms with Gasteiger partial charge in [0.05, 0.1) is 23.7 Å². The Hall–Kier alpha value is -1.56. The monoisotopic (exact) mass is 437 g/mol. The molecule has 0 saturated heterocycles. The van der Waals surface area contributed by atoms with Gasteiger partial charge in [-0.05, 0) is 39.2 Å². The van der Waals surface area contributed by atoms with Crippen LogP contribution in [0.4, 0.5) is 5.69 Å². The molecule has 0 bridgehead atoms. The van der Waals surface area contributed by atoms with Gasteiger partial charge in [0.1, 0.15) is 0 Å². The Balaban J connectivity index is 0.00000218. The molecule has 1 unspecified atom stereocenters. The second-order valence-corrected chi connectivity index (χ2v) is 8.09. The molecule has 30 heavy (non-hydrogen) atoms. The first kappa shape index (κ1) is 26.5. The van der Waals surface area contributed by atoms with Gasteiger partial charge in [-0.2, -0.15) is 0 Å². The molecule has 1 aromatic rings. The number of anilines is 1. The van der Waals surface area contributed by atoms with Gasteiger partial charge in [0, 0.05) is 30.3 Å². The minimum atomic E-state index is -0.640. The minimum absolute atomic E-state index is 0.0457. The maximum absolute atomic E-state index is 12.6. The first-order valence-corrected chi connectivity index (χ1v) is 11.7. The van der Waals surface area contributed by atoms with Gasteiger partial charge in [0.15, 0.2) is 0 Å². The fourth-order valence-electron chi connectivity index (χ4n) is 3.99. The molecule has 1 aliphatic carbocycles. The van der Waals surface area contributed by atoms with E-state index in [1.807, 2.05) is 37.5 Å². The van der Waals surface area contributed by atoms with Crippen molar-refractivity contribution >= 4 is 35.9 Å². The predicted molar refractivity (Wildman–Crippen MR) is 129 cm³/mol. The highest BCUT2D eigenvalue weighted by Gasteiger charge is 2.18. The second kappa shape index (κ2) is 13.7. The number of aliphatic hydroxyl groups is 1. The zero-order valence-electron chi connectivity index (χ0n) is 19.1. The number of hydrogen-bond donors (Lipinski definition) is 3. The molecule has 1 saturated carbocycles. The average Bonchev–Trinajstić information content (AvgIpc) is 2.98. The Bertz CT molecular complexity index is 807. The molecule has 0 spiro atoms. The number of alkyl halides is 1. The normalized spacial score (nSPS) is 16.8. The fraction of sp³-hybridized carbons (Fsp3) is 0.625. The maximum Gasteiger partial charge on any atom is 0.224 e. The minimum Gasteiger partial charge on any atom is -0.390 e. The number of amides is 1. The number of nitrogens with one attached hydrogen (secondary N) is 1. The van der Waals surface area contributed by atoms with E-state index in [1.54, 1.807) is 0 Å². The van der Waals surface area contributed by atoms with Crippen LogP contribution in [0.3, 0.4) is 0 Å². The largest absolute Gasteiger partial charge is 0.390 e. The van der Waals surface area contributed by atoms with Gasteiger partial charge in [0.25, 0.3) is 0 Å². The Morgan fingerprint density at radius 3 is 2.57 bits per heavy atom. The zero-order chi connectivity index (χ0) is 22.7. The molecule has 170 valence electrons. The summed E-state index contributed by atoms with van der Waals surface area (Å²) in [5.41, 5.74) is 8.37. The van der Waals surface area contributed by atoms with Crippen LogP contribution in [-0.2, 0) is 11.3 Å².